The highest BCUT2D eigenvalue weighted by atomic mass is 19.1. The lowest BCUT2D eigenvalue weighted by atomic mass is 9.99. The number of hydrogen-bond donors (Lipinski definition) is 1. The number of hydrogen-bond acceptors (Lipinski definition) is 4. The molecule has 2 rings (SSSR count). The smallest absolute Gasteiger partial charge is 0.224 e. The third kappa shape index (κ3) is 2.23. The Kier molecular flexibility index (Phi) is 3.22. The van der Waals surface area contributed by atoms with E-state index in [4.69, 9.17) is 0 Å². The molecule has 1 saturated heterocycles. The van der Waals surface area contributed by atoms with E-state index in [1.165, 1.54) is 6.20 Å². The van der Waals surface area contributed by atoms with Gasteiger partial charge in [-0.15, -0.1) is 0 Å². The molecular weight excluding hydrogens is 207 g/mol. The maximum absolute atomic E-state index is 13.6. The minimum Gasteiger partial charge on any atom is -0.357 e. The average Bonchev–Trinajstić information content (AvgIpc) is 2.31. The third-order valence-electron chi connectivity index (χ3n) is 3.03. The molecule has 0 radical (unpaired) electrons. The van der Waals surface area contributed by atoms with Crippen LogP contribution in [0.4, 0.5) is 16.2 Å². The third-order valence-corrected chi connectivity index (χ3v) is 3.03. The Balaban J connectivity index is 2.19. The van der Waals surface area contributed by atoms with Crippen LogP contribution in [-0.2, 0) is 0 Å². The molecule has 1 aromatic heterocycles. The normalized spacial score (nSPS) is 17.6. The molecule has 0 atom stereocenters. The zero-order valence-electron chi connectivity index (χ0n) is 9.70. The second kappa shape index (κ2) is 4.63. The molecule has 4 nitrogen and oxygen atoms in total. The van der Waals surface area contributed by atoms with Crippen LogP contribution in [-0.4, -0.2) is 30.1 Å². The van der Waals surface area contributed by atoms with Crippen molar-refractivity contribution in [2.24, 2.45) is 5.92 Å². The van der Waals surface area contributed by atoms with Crippen molar-refractivity contribution in [2.45, 2.75) is 19.8 Å². The van der Waals surface area contributed by atoms with Crippen LogP contribution in [0.2, 0.25) is 0 Å². The maximum atomic E-state index is 13.6. The van der Waals surface area contributed by atoms with Crippen LogP contribution in [0.25, 0.3) is 0 Å². The molecule has 0 spiro atoms. The molecule has 0 aromatic carbocycles. The summed E-state index contributed by atoms with van der Waals surface area (Å²) < 4.78 is 13.6. The molecular formula is C11H17FN4. The van der Waals surface area contributed by atoms with Crippen molar-refractivity contribution in [1.82, 2.24) is 9.97 Å². The quantitative estimate of drug-likeness (QED) is 0.833. The van der Waals surface area contributed by atoms with E-state index in [0.717, 1.165) is 31.8 Å². The van der Waals surface area contributed by atoms with Gasteiger partial charge in [-0.1, -0.05) is 6.92 Å². The molecule has 1 fully saturated rings. The van der Waals surface area contributed by atoms with Crippen LogP contribution in [0.3, 0.4) is 0 Å². The van der Waals surface area contributed by atoms with Gasteiger partial charge in [0.2, 0.25) is 5.95 Å². The molecule has 1 aliphatic rings. The Hall–Kier alpha value is -1.39. The fraction of sp³-hybridized carbons (Fsp3) is 0.636. The zero-order valence-corrected chi connectivity index (χ0v) is 9.70. The van der Waals surface area contributed by atoms with Crippen LogP contribution in [0, 0.1) is 11.7 Å². The van der Waals surface area contributed by atoms with Crippen molar-refractivity contribution >= 4 is 11.8 Å². The number of aromatic nitrogens is 2. The molecule has 0 aliphatic carbocycles. The highest BCUT2D eigenvalue weighted by Gasteiger charge is 2.20. The first-order valence-electron chi connectivity index (χ1n) is 5.66. The largest absolute Gasteiger partial charge is 0.357 e. The first kappa shape index (κ1) is 11.1. The van der Waals surface area contributed by atoms with Crippen molar-refractivity contribution in [3.63, 3.8) is 0 Å². The maximum Gasteiger partial charge on any atom is 0.224 e. The summed E-state index contributed by atoms with van der Waals surface area (Å²) in [6, 6.07) is 0. The number of anilines is 2. The number of halogens is 1. The van der Waals surface area contributed by atoms with Crippen molar-refractivity contribution in [3.8, 4) is 0 Å². The van der Waals surface area contributed by atoms with Gasteiger partial charge in [0.1, 0.15) is 0 Å². The summed E-state index contributed by atoms with van der Waals surface area (Å²) >= 11 is 0. The Morgan fingerprint density at radius 2 is 2.12 bits per heavy atom. The van der Waals surface area contributed by atoms with Crippen molar-refractivity contribution < 1.29 is 4.39 Å². The van der Waals surface area contributed by atoms with Crippen LogP contribution >= 0.6 is 0 Å². The molecule has 0 saturated carbocycles. The fourth-order valence-electron chi connectivity index (χ4n) is 1.92. The van der Waals surface area contributed by atoms with E-state index in [1.807, 2.05) is 4.90 Å². The van der Waals surface area contributed by atoms with Gasteiger partial charge in [-0.05, 0) is 18.8 Å². The van der Waals surface area contributed by atoms with Gasteiger partial charge in [0.25, 0.3) is 0 Å². The van der Waals surface area contributed by atoms with Gasteiger partial charge in [-0.2, -0.15) is 4.98 Å². The summed E-state index contributed by atoms with van der Waals surface area (Å²) in [6.07, 6.45) is 3.42. The summed E-state index contributed by atoms with van der Waals surface area (Å²) in [5, 5.41) is 2.83. The van der Waals surface area contributed by atoms with Crippen LogP contribution in [0.1, 0.15) is 19.8 Å². The second-order valence-electron chi connectivity index (χ2n) is 4.28. The molecule has 16 heavy (non-hydrogen) atoms. The van der Waals surface area contributed by atoms with Gasteiger partial charge < -0.3 is 10.2 Å². The SMILES string of the molecule is CNc1ncc(F)c(N2CCC(C)CC2)n1. The van der Waals surface area contributed by atoms with E-state index in [2.05, 4.69) is 22.2 Å². The van der Waals surface area contributed by atoms with Crippen LogP contribution in [0.15, 0.2) is 6.20 Å². The summed E-state index contributed by atoms with van der Waals surface area (Å²) in [5.74, 6) is 1.28. The van der Waals surface area contributed by atoms with E-state index in [-0.39, 0.29) is 5.82 Å². The highest BCUT2D eigenvalue weighted by Crippen LogP contribution is 2.23. The molecule has 0 bridgehead atoms. The van der Waals surface area contributed by atoms with Gasteiger partial charge in [-0.3, -0.25) is 0 Å². The lowest BCUT2D eigenvalue weighted by molar-refractivity contribution is 0.432. The average molecular weight is 224 g/mol. The number of piperidine rings is 1. The topological polar surface area (TPSA) is 41.1 Å². The molecule has 1 N–H and O–H groups in total. The monoisotopic (exact) mass is 224 g/mol. The molecule has 0 amide bonds. The first-order chi connectivity index (χ1) is 7.70. The summed E-state index contributed by atoms with van der Waals surface area (Å²) in [5.41, 5.74) is 0. The lowest BCUT2D eigenvalue weighted by Crippen LogP contribution is -2.34. The first-order valence-corrected chi connectivity index (χ1v) is 5.66. The van der Waals surface area contributed by atoms with Gasteiger partial charge in [-0.25, -0.2) is 9.37 Å². The minimum atomic E-state index is -0.339. The number of nitrogens with one attached hydrogen (secondary N) is 1. The van der Waals surface area contributed by atoms with Crippen LogP contribution in [0.5, 0.6) is 0 Å². The molecule has 2 heterocycles. The second-order valence-corrected chi connectivity index (χ2v) is 4.28. The lowest BCUT2D eigenvalue weighted by Gasteiger charge is -2.31. The zero-order chi connectivity index (χ0) is 11.5. The van der Waals surface area contributed by atoms with E-state index >= 15 is 0 Å². The number of rotatable bonds is 2. The summed E-state index contributed by atoms with van der Waals surface area (Å²) in [6.45, 7) is 3.98. The van der Waals surface area contributed by atoms with Gasteiger partial charge in [0, 0.05) is 20.1 Å². The Morgan fingerprint density at radius 3 is 2.75 bits per heavy atom. The predicted octanol–water partition coefficient (Wildman–Crippen LogP) is 1.89. The van der Waals surface area contributed by atoms with Crippen molar-refractivity contribution in [1.29, 1.82) is 0 Å². The Bertz CT molecular complexity index is 361. The Labute approximate surface area is 94.9 Å². The fourth-order valence-corrected chi connectivity index (χ4v) is 1.92. The van der Waals surface area contributed by atoms with Gasteiger partial charge in [0.05, 0.1) is 6.20 Å². The minimum absolute atomic E-state index is 0.339. The molecule has 5 heteroatoms. The predicted molar refractivity (Wildman–Crippen MR) is 62.1 cm³/mol. The summed E-state index contributed by atoms with van der Waals surface area (Å²) in [7, 11) is 1.73. The number of nitrogens with zero attached hydrogens (tertiary/aromatic N) is 3. The highest BCUT2D eigenvalue weighted by molar-refractivity contribution is 5.44. The van der Waals surface area contributed by atoms with Gasteiger partial charge >= 0.3 is 0 Å². The van der Waals surface area contributed by atoms with E-state index in [0.29, 0.717) is 11.8 Å². The van der Waals surface area contributed by atoms with Crippen molar-refractivity contribution in [2.75, 3.05) is 30.4 Å². The molecule has 1 aromatic rings. The van der Waals surface area contributed by atoms with Crippen molar-refractivity contribution in [3.05, 3.63) is 12.0 Å². The van der Waals surface area contributed by atoms with Crippen LogP contribution < -0.4 is 10.2 Å². The molecule has 0 unspecified atom stereocenters. The van der Waals surface area contributed by atoms with E-state index in [1.54, 1.807) is 7.05 Å². The Morgan fingerprint density at radius 1 is 1.44 bits per heavy atom. The summed E-state index contributed by atoms with van der Waals surface area (Å²) in [4.78, 5) is 10.0. The van der Waals surface area contributed by atoms with E-state index in [9.17, 15) is 4.39 Å². The standard InChI is InChI=1S/C11H17FN4/c1-8-3-5-16(6-4-8)10-9(12)7-14-11(13-2)15-10/h7-8H,3-6H2,1-2H3,(H,13,14,15). The molecule has 1 aliphatic heterocycles. The van der Waals surface area contributed by atoms with E-state index < -0.39 is 0 Å². The molecule has 88 valence electrons. The van der Waals surface area contributed by atoms with Gasteiger partial charge in [0.15, 0.2) is 11.6 Å².